The lowest BCUT2D eigenvalue weighted by Gasteiger charge is -2.10. The SMILES string of the molecule is CCNCc1cc(S(=O)(=O)NCC2CCCC2)c[nH]1. The minimum absolute atomic E-state index is 0.332. The molecule has 0 spiro atoms. The van der Waals surface area contributed by atoms with E-state index in [4.69, 9.17) is 0 Å². The maximum Gasteiger partial charge on any atom is 0.242 e. The Morgan fingerprint density at radius 3 is 2.79 bits per heavy atom. The van der Waals surface area contributed by atoms with Crippen LogP contribution in [0.5, 0.6) is 0 Å². The summed E-state index contributed by atoms with van der Waals surface area (Å²) in [5.74, 6) is 0.509. The minimum atomic E-state index is -3.36. The second-order valence-corrected chi connectivity index (χ2v) is 6.91. The molecule has 6 heteroatoms. The van der Waals surface area contributed by atoms with Gasteiger partial charge in [-0.3, -0.25) is 0 Å². The van der Waals surface area contributed by atoms with Crippen LogP contribution in [0.2, 0.25) is 0 Å². The number of aromatic nitrogens is 1. The van der Waals surface area contributed by atoms with E-state index in [1.54, 1.807) is 12.3 Å². The molecule has 0 unspecified atom stereocenters. The van der Waals surface area contributed by atoms with Gasteiger partial charge in [-0.15, -0.1) is 0 Å². The molecule has 108 valence electrons. The lowest BCUT2D eigenvalue weighted by atomic mass is 10.1. The molecule has 0 bridgehead atoms. The molecule has 0 aliphatic heterocycles. The second-order valence-electron chi connectivity index (χ2n) is 5.14. The first-order valence-corrected chi connectivity index (χ1v) is 8.48. The van der Waals surface area contributed by atoms with Crippen molar-refractivity contribution in [1.29, 1.82) is 0 Å². The average molecular weight is 285 g/mol. The van der Waals surface area contributed by atoms with E-state index in [-0.39, 0.29) is 0 Å². The number of nitrogens with one attached hydrogen (secondary N) is 3. The van der Waals surface area contributed by atoms with E-state index in [0.717, 1.165) is 25.1 Å². The lowest BCUT2D eigenvalue weighted by Crippen LogP contribution is -2.28. The molecule has 1 aromatic heterocycles. The van der Waals surface area contributed by atoms with E-state index in [2.05, 4.69) is 15.0 Å². The predicted molar refractivity (Wildman–Crippen MR) is 75.3 cm³/mol. The molecule has 1 aromatic rings. The first kappa shape index (κ1) is 14.6. The number of sulfonamides is 1. The minimum Gasteiger partial charge on any atom is -0.363 e. The smallest absolute Gasteiger partial charge is 0.242 e. The first-order chi connectivity index (χ1) is 9.12. The van der Waals surface area contributed by atoms with Crippen molar-refractivity contribution >= 4 is 10.0 Å². The highest BCUT2D eigenvalue weighted by atomic mass is 32.2. The maximum atomic E-state index is 12.1. The number of H-pyrrole nitrogens is 1. The Labute approximate surface area is 115 Å². The van der Waals surface area contributed by atoms with Crippen molar-refractivity contribution < 1.29 is 8.42 Å². The molecule has 0 saturated heterocycles. The molecule has 0 radical (unpaired) electrons. The van der Waals surface area contributed by atoms with Crippen molar-refractivity contribution in [2.75, 3.05) is 13.1 Å². The molecule has 0 atom stereocenters. The van der Waals surface area contributed by atoms with E-state index >= 15 is 0 Å². The topological polar surface area (TPSA) is 74.0 Å². The highest BCUT2D eigenvalue weighted by Crippen LogP contribution is 2.24. The summed E-state index contributed by atoms with van der Waals surface area (Å²) >= 11 is 0. The van der Waals surface area contributed by atoms with Crippen LogP contribution in [0, 0.1) is 5.92 Å². The van der Waals surface area contributed by atoms with Crippen molar-refractivity contribution in [3.63, 3.8) is 0 Å². The molecule has 1 fully saturated rings. The van der Waals surface area contributed by atoms with Crippen molar-refractivity contribution in [1.82, 2.24) is 15.0 Å². The van der Waals surface area contributed by atoms with Crippen LogP contribution in [0.1, 0.15) is 38.3 Å². The summed E-state index contributed by atoms with van der Waals surface area (Å²) in [5.41, 5.74) is 0.892. The Morgan fingerprint density at radius 1 is 1.37 bits per heavy atom. The van der Waals surface area contributed by atoms with Gasteiger partial charge in [0.15, 0.2) is 0 Å². The van der Waals surface area contributed by atoms with E-state index < -0.39 is 10.0 Å². The van der Waals surface area contributed by atoms with E-state index in [9.17, 15) is 8.42 Å². The number of aromatic amines is 1. The zero-order chi connectivity index (χ0) is 13.7. The van der Waals surface area contributed by atoms with Crippen LogP contribution in [0.3, 0.4) is 0 Å². The van der Waals surface area contributed by atoms with E-state index in [1.807, 2.05) is 6.92 Å². The zero-order valence-electron chi connectivity index (χ0n) is 11.4. The molecule has 1 heterocycles. The molecule has 0 aromatic carbocycles. The van der Waals surface area contributed by atoms with Gasteiger partial charge < -0.3 is 10.3 Å². The normalized spacial score (nSPS) is 17.1. The largest absolute Gasteiger partial charge is 0.363 e. The molecule has 1 saturated carbocycles. The van der Waals surface area contributed by atoms with Gasteiger partial charge >= 0.3 is 0 Å². The molecule has 5 nitrogen and oxygen atoms in total. The van der Waals surface area contributed by atoms with Gasteiger partial charge in [-0.2, -0.15) is 0 Å². The first-order valence-electron chi connectivity index (χ1n) is 6.99. The predicted octanol–water partition coefficient (Wildman–Crippen LogP) is 1.59. The van der Waals surface area contributed by atoms with Crippen LogP contribution in [0.25, 0.3) is 0 Å². The molecule has 2 rings (SSSR count). The molecule has 0 amide bonds. The van der Waals surface area contributed by atoms with Gasteiger partial charge in [0.2, 0.25) is 10.0 Å². The van der Waals surface area contributed by atoms with Crippen LogP contribution in [0.15, 0.2) is 17.2 Å². The fourth-order valence-corrected chi connectivity index (χ4v) is 3.59. The quantitative estimate of drug-likeness (QED) is 0.712. The molecular formula is C13H23N3O2S. The van der Waals surface area contributed by atoms with Gasteiger partial charge in [-0.05, 0) is 31.4 Å². The summed E-state index contributed by atoms with van der Waals surface area (Å²) < 4.78 is 27.0. The molecule has 1 aliphatic carbocycles. The number of rotatable bonds is 7. The summed E-state index contributed by atoms with van der Waals surface area (Å²) in [6.45, 7) is 4.11. The van der Waals surface area contributed by atoms with Crippen LogP contribution in [-0.2, 0) is 16.6 Å². The van der Waals surface area contributed by atoms with Gasteiger partial charge in [0.05, 0.1) is 4.90 Å². The van der Waals surface area contributed by atoms with Crippen molar-refractivity contribution in [3.8, 4) is 0 Å². The second kappa shape index (κ2) is 6.54. The number of hydrogen-bond acceptors (Lipinski definition) is 3. The monoisotopic (exact) mass is 285 g/mol. The van der Waals surface area contributed by atoms with Crippen molar-refractivity contribution in [3.05, 3.63) is 18.0 Å². The van der Waals surface area contributed by atoms with Gasteiger partial charge in [-0.25, -0.2) is 13.1 Å². The fraction of sp³-hybridized carbons (Fsp3) is 0.692. The third kappa shape index (κ3) is 4.06. The summed E-state index contributed by atoms with van der Waals surface area (Å²) in [5, 5.41) is 3.16. The Hall–Kier alpha value is -0.850. The van der Waals surface area contributed by atoms with Crippen LogP contribution < -0.4 is 10.0 Å². The van der Waals surface area contributed by atoms with Gasteiger partial charge in [0.25, 0.3) is 0 Å². The van der Waals surface area contributed by atoms with Gasteiger partial charge in [0.1, 0.15) is 0 Å². The van der Waals surface area contributed by atoms with Crippen molar-refractivity contribution in [2.45, 2.75) is 44.0 Å². The molecule has 19 heavy (non-hydrogen) atoms. The fourth-order valence-electron chi connectivity index (χ4n) is 2.46. The summed E-state index contributed by atoms with van der Waals surface area (Å²) in [6.07, 6.45) is 6.29. The summed E-state index contributed by atoms with van der Waals surface area (Å²) in [6, 6.07) is 1.69. The van der Waals surface area contributed by atoms with Crippen molar-refractivity contribution in [2.24, 2.45) is 5.92 Å². The average Bonchev–Trinajstić information content (AvgIpc) is 3.05. The van der Waals surface area contributed by atoms with Gasteiger partial charge in [-0.1, -0.05) is 19.8 Å². The Bertz CT molecular complexity index is 490. The Balaban J connectivity index is 1.92. The lowest BCUT2D eigenvalue weighted by molar-refractivity contribution is 0.519. The molecule has 3 N–H and O–H groups in total. The molecular weight excluding hydrogens is 262 g/mol. The van der Waals surface area contributed by atoms with E-state index in [0.29, 0.717) is 23.9 Å². The standard InChI is InChI=1S/C13H23N3O2S/c1-2-14-9-12-7-13(10-15-12)19(17,18)16-8-11-5-3-4-6-11/h7,10-11,14-16H,2-6,8-9H2,1H3. The third-order valence-corrected chi connectivity index (χ3v) is 5.03. The maximum absolute atomic E-state index is 12.1. The highest BCUT2D eigenvalue weighted by Gasteiger charge is 2.20. The Kier molecular flexibility index (Phi) is 5.01. The zero-order valence-corrected chi connectivity index (χ0v) is 12.2. The highest BCUT2D eigenvalue weighted by molar-refractivity contribution is 7.89. The Morgan fingerprint density at radius 2 is 2.11 bits per heavy atom. The molecule has 1 aliphatic rings. The van der Waals surface area contributed by atoms with Crippen LogP contribution in [-0.4, -0.2) is 26.5 Å². The van der Waals surface area contributed by atoms with Crippen LogP contribution in [0.4, 0.5) is 0 Å². The summed E-state index contributed by atoms with van der Waals surface area (Å²) in [4.78, 5) is 3.32. The third-order valence-electron chi connectivity index (χ3n) is 3.63. The van der Waals surface area contributed by atoms with E-state index in [1.165, 1.54) is 12.8 Å². The van der Waals surface area contributed by atoms with Crippen LogP contribution >= 0.6 is 0 Å². The summed E-state index contributed by atoms with van der Waals surface area (Å²) in [7, 11) is -3.36. The van der Waals surface area contributed by atoms with Gasteiger partial charge in [0, 0.05) is 25.0 Å². The number of hydrogen-bond donors (Lipinski definition) is 3.